The minimum absolute atomic E-state index is 0.189. The van der Waals surface area contributed by atoms with Gasteiger partial charge in [-0.2, -0.15) is 0 Å². The van der Waals surface area contributed by atoms with Crippen molar-refractivity contribution in [2.24, 2.45) is 0 Å². The summed E-state index contributed by atoms with van der Waals surface area (Å²) in [5.41, 5.74) is 1.22. The molecule has 1 unspecified atom stereocenters. The molecule has 6 nitrogen and oxygen atoms in total. The average Bonchev–Trinajstić information content (AvgIpc) is 3.12. The third-order valence-corrected chi connectivity index (χ3v) is 5.82. The molecule has 8 heteroatoms. The first-order chi connectivity index (χ1) is 14.5. The monoisotopic (exact) mass is 448 g/mol. The maximum Gasteiger partial charge on any atom is 0.256 e. The van der Waals surface area contributed by atoms with E-state index in [0.29, 0.717) is 59.8 Å². The Balaban J connectivity index is 1.42. The fraction of sp³-hybridized carbons (Fsp3) is 0.364. The van der Waals surface area contributed by atoms with Gasteiger partial charge in [0.15, 0.2) is 11.5 Å². The summed E-state index contributed by atoms with van der Waals surface area (Å²) in [5.74, 6) is 0.933. The molecule has 0 spiro atoms. The lowest BCUT2D eigenvalue weighted by Crippen LogP contribution is -2.45. The number of halogens is 2. The molecule has 0 aliphatic carbocycles. The van der Waals surface area contributed by atoms with Gasteiger partial charge >= 0.3 is 0 Å². The standard InChI is InChI=1S/C22H22Cl2N2O4/c23-15-5-6-17(24)16(12-15)22(28)26-8-1-3-18(26)21(27)25-13-14-4-7-19-20(11-14)30-10-2-9-29-19/h4-7,11-12,18H,1-3,8-10,13H2,(H,25,27). The summed E-state index contributed by atoms with van der Waals surface area (Å²) in [6.07, 6.45) is 2.20. The molecule has 0 bridgehead atoms. The fourth-order valence-corrected chi connectivity index (χ4v) is 4.09. The van der Waals surface area contributed by atoms with Gasteiger partial charge in [0.25, 0.3) is 5.91 Å². The highest BCUT2D eigenvalue weighted by molar-refractivity contribution is 6.35. The quantitative estimate of drug-likeness (QED) is 0.764. The number of carbonyl (C=O) groups is 2. The van der Waals surface area contributed by atoms with Gasteiger partial charge in [0, 0.05) is 24.5 Å². The Bertz CT molecular complexity index is 966. The van der Waals surface area contributed by atoms with Gasteiger partial charge in [-0.3, -0.25) is 9.59 Å². The maximum atomic E-state index is 13.0. The van der Waals surface area contributed by atoms with Crippen molar-refractivity contribution in [3.05, 3.63) is 57.6 Å². The van der Waals surface area contributed by atoms with Crippen LogP contribution in [0.15, 0.2) is 36.4 Å². The normalized spacial score (nSPS) is 18.1. The maximum absolute atomic E-state index is 13.0. The molecule has 2 aromatic carbocycles. The van der Waals surface area contributed by atoms with Crippen LogP contribution in [0.1, 0.15) is 35.2 Å². The highest BCUT2D eigenvalue weighted by Gasteiger charge is 2.35. The van der Waals surface area contributed by atoms with Crippen molar-refractivity contribution in [3.8, 4) is 11.5 Å². The first-order valence-corrected chi connectivity index (χ1v) is 10.7. The topological polar surface area (TPSA) is 67.9 Å². The number of rotatable bonds is 4. The van der Waals surface area contributed by atoms with Crippen LogP contribution in [-0.4, -0.2) is 42.5 Å². The molecule has 0 radical (unpaired) electrons. The van der Waals surface area contributed by atoms with Crippen LogP contribution in [0.3, 0.4) is 0 Å². The third kappa shape index (κ3) is 4.50. The van der Waals surface area contributed by atoms with Gasteiger partial charge in [-0.25, -0.2) is 0 Å². The first-order valence-electron chi connectivity index (χ1n) is 9.95. The molecule has 4 rings (SSSR count). The van der Waals surface area contributed by atoms with Crippen LogP contribution in [0.25, 0.3) is 0 Å². The Morgan fingerprint density at radius 1 is 1.03 bits per heavy atom. The predicted octanol–water partition coefficient (Wildman–Crippen LogP) is 4.08. The van der Waals surface area contributed by atoms with Crippen molar-refractivity contribution in [3.63, 3.8) is 0 Å². The van der Waals surface area contributed by atoms with E-state index in [1.54, 1.807) is 17.0 Å². The van der Waals surface area contributed by atoms with Crippen LogP contribution in [0, 0.1) is 0 Å². The number of fused-ring (bicyclic) bond motifs is 1. The average molecular weight is 449 g/mol. The summed E-state index contributed by atoms with van der Waals surface area (Å²) < 4.78 is 11.3. The summed E-state index contributed by atoms with van der Waals surface area (Å²) in [7, 11) is 0. The number of amides is 2. The molecular weight excluding hydrogens is 427 g/mol. The zero-order valence-corrected chi connectivity index (χ0v) is 17.8. The van der Waals surface area contributed by atoms with Crippen LogP contribution in [0.4, 0.5) is 0 Å². The minimum Gasteiger partial charge on any atom is -0.490 e. The van der Waals surface area contributed by atoms with Gasteiger partial charge < -0.3 is 19.7 Å². The summed E-state index contributed by atoms with van der Waals surface area (Å²) in [5, 5.41) is 3.69. The number of benzene rings is 2. The summed E-state index contributed by atoms with van der Waals surface area (Å²) >= 11 is 12.2. The van der Waals surface area contributed by atoms with Gasteiger partial charge in [0.05, 0.1) is 23.8 Å². The molecule has 2 aliphatic rings. The SMILES string of the molecule is O=C(NCc1ccc2c(c1)OCCCO2)C1CCCN1C(=O)c1cc(Cl)ccc1Cl. The van der Waals surface area contributed by atoms with Crippen molar-refractivity contribution in [2.75, 3.05) is 19.8 Å². The van der Waals surface area contributed by atoms with Gasteiger partial charge in [0.1, 0.15) is 6.04 Å². The van der Waals surface area contributed by atoms with E-state index in [9.17, 15) is 9.59 Å². The molecular formula is C22H22Cl2N2O4. The van der Waals surface area contributed by atoms with E-state index in [1.807, 2.05) is 18.2 Å². The lowest BCUT2D eigenvalue weighted by atomic mass is 10.1. The lowest BCUT2D eigenvalue weighted by molar-refractivity contribution is -0.125. The second kappa shape index (κ2) is 9.14. The Labute approximate surface area is 185 Å². The van der Waals surface area contributed by atoms with Crippen LogP contribution < -0.4 is 14.8 Å². The molecule has 1 saturated heterocycles. The molecule has 2 aliphatic heterocycles. The molecule has 0 aromatic heterocycles. The van der Waals surface area contributed by atoms with Gasteiger partial charge in [0.2, 0.25) is 5.91 Å². The molecule has 2 aromatic rings. The number of hydrogen-bond acceptors (Lipinski definition) is 4. The van der Waals surface area contributed by atoms with Gasteiger partial charge in [-0.1, -0.05) is 29.3 Å². The second-order valence-electron chi connectivity index (χ2n) is 7.33. The lowest BCUT2D eigenvalue weighted by Gasteiger charge is -2.24. The Morgan fingerprint density at radius 2 is 1.83 bits per heavy atom. The van der Waals surface area contributed by atoms with E-state index in [4.69, 9.17) is 32.7 Å². The second-order valence-corrected chi connectivity index (χ2v) is 8.17. The number of carbonyl (C=O) groups excluding carboxylic acids is 2. The van der Waals surface area contributed by atoms with Crippen molar-refractivity contribution < 1.29 is 19.1 Å². The molecule has 2 amide bonds. The van der Waals surface area contributed by atoms with Crippen LogP contribution in [0.2, 0.25) is 10.0 Å². The first kappa shape index (κ1) is 20.8. The largest absolute Gasteiger partial charge is 0.490 e. The number of ether oxygens (including phenoxy) is 2. The van der Waals surface area contributed by atoms with Crippen molar-refractivity contribution >= 4 is 35.0 Å². The summed E-state index contributed by atoms with van der Waals surface area (Å²) in [6, 6.07) is 9.86. The van der Waals surface area contributed by atoms with Crippen LogP contribution in [-0.2, 0) is 11.3 Å². The fourth-order valence-electron chi connectivity index (χ4n) is 3.72. The van der Waals surface area contributed by atoms with E-state index >= 15 is 0 Å². The third-order valence-electron chi connectivity index (χ3n) is 5.25. The molecule has 0 saturated carbocycles. The zero-order chi connectivity index (χ0) is 21.1. The molecule has 1 fully saturated rings. The number of hydrogen-bond donors (Lipinski definition) is 1. The molecule has 30 heavy (non-hydrogen) atoms. The van der Waals surface area contributed by atoms with E-state index < -0.39 is 6.04 Å². The molecule has 1 atom stereocenters. The Kier molecular flexibility index (Phi) is 6.35. The molecule has 158 valence electrons. The van der Waals surface area contributed by atoms with E-state index in [2.05, 4.69) is 5.32 Å². The predicted molar refractivity (Wildman–Crippen MR) is 114 cm³/mol. The van der Waals surface area contributed by atoms with Crippen molar-refractivity contribution in [1.29, 1.82) is 0 Å². The number of likely N-dealkylation sites (tertiary alicyclic amines) is 1. The minimum atomic E-state index is -0.534. The summed E-state index contributed by atoms with van der Waals surface area (Å²) in [4.78, 5) is 27.4. The van der Waals surface area contributed by atoms with Crippen molar-refractivity contribution in [2.45, 2.75) is 31.8 Å². The Hall–Kier alpha value is -2.44. The van der Waals surface area contributed by atoms with Crippen LogP contribution in [0.5, 0.6) is 11.5 Å². The van der Waals surface area contributed by atoms with E-state index in [-0.39, 0.29) is 11.8 Å². The number of nitrogens with zero attached hydrogens (tertiary/aromatic N) is 1. The van der Waals surface area contributed by atoms with Gasteiger partial charge in [-0.15, -0.1) is 0 Å². The molecule has 1 N–H and O–H groups in total. The van der Waals surface area contributed by atoms with Crippen molar-refractivity contribution in [1.82, 2.24) is 10.2 Å². The van der Waals surface area contributed by atoms with Gasteiger partial charge in [-0.05, 0) is 48.7 Å². The Morgan fingerprint density at radius 3 is 2.67 bits per heavy atom. The molecule has 2 heterocycles. The van der Waals surface area contributed by atoms with Crippen LogP contribution >= 0.6 is 23.2 Å². The zero-order valence-electron chi connectivity index (χ0n) is 16.3. The number of nitrogens with one attached hydrogen (secondary N) is 1. The smallest absolute Gasteiger partial charge is 0.256 e. The van der Waals surface area contributed by atoms with E-state index in [0.717, 1.165) is 18.4 Å². The van der Waals surface area contributed by atoms with E-state index in [1.165, 1.54) is 6.07 Å². The highest BCUT2D eigenvalue weighted by Crippen LogP contribution is 2.30. The highest BCUT2D eigenvalue weighted by atomic mass is 35.5. The summed E-state index contributed by atoms with van der Waals surface area (Å²) in [6.45, 7) is 2.08.